The molecule has 0 atom stereocenters. The Morgan fingerprint density at radius 1 is 1.58 bits per heavy atom. The van der Waals surface area contributed by atoms with Crippen LogP contribution in [-0.4, -0.2) is 25.0 Å². The van der Waals surface area contributed by atoms with E-state index in [1.54, 1.807) is 0 Å². The Bertz CT molecular complexity index is 182. The molecule has 2 nitrogen and oxygen atoms in total. The Hall–Kier alpha value is -0.920. The molecule has 0 spiro atoms. The highest BCUT2D eigenvalue weighted by Gasteiger charge is 2.01. The zero-order valence-electron chi connectivity index (χ0n) is 8.01. The fourth-order valence-electron chi connectivity index (χ4n) is 1.25. The maximum Gasteiger partial charge on any atom is 0.0355 e. The van der Waals surface area contributed by atoms with Crippen LogP contribution in [0.5, 0.6) is 0 Å². The summed E-state index contributed by atoms with van der Waals surface area (Å²) in [7, 11) is 2.15. The summed E-state index contributed by atoms with van der Waals surface area (Å²) in [6, 6.07) is 0. The minimum Gasteiger partial charge on any atom is -0.387 e. The summed E-state index contributed by atoms with van der Waals surface area (Å²) in [4.78, 5) is 2.31. The van der Waals surface area contributed by atoms with Crippen molar-refractivity contribution in [1.82, 2.24) is 10.2 Å². The smallest absolute Gasteiger partial charge is 0.0355 e. The van der Waals surface area contributed by atoms with Crippen LogP contribution in [0.4, 0.5) is 0 Å². The van der Waals surface area contributed by atoms with Crippen molar-refractivity contribution >= 4 is 0 Å². The van der Waals surface area contributed by atoms with Crippen molar-refractivity contribution in [2.75, 3.05) is 20.1 Å². The van der Waals surface area contributed by atoms with Crippen LogP contribution in [0, 0.1) is 0 Å². The molecule has 0 saturated carbocycles. The second kappa shape index (κ2) is 4.86. The molecule has 0 aliphatic carbocycles. The summed E-state index contributed by atoms with van der Waals surface area (Å²) >= 11 is 0. The standard InChI is InChI=1S/C10H18N2/c1-3-4-9-12(2)10-5-7-11-8-6-10/h5-7,11H,3-4,8-9H2,1-2H3. The lowest BCUT2D eigenvalue weighted by Gasteiger charge is -2.22. The van der Waals surface area contributed by atoms with E-state index in [1.807, 2.05) is 6.20 Å². The maximum atomic E-state index is 3.14. The number of unbranched alkanes of at least 4 members (excludes halogenated alkanes) is 1. The summed E-state index contributed by atoms with van der Waals surface area (Å²) < 4.78 is 0. The number of likely N-dealkylation sites (N-methyl/N-ethyl adjacent to an activating group) is 1. The predicted octanol–water partition coefficient (Wildman–Crippen LogP) is 1.72. The minimum absolute atomic E-state index is 0.961. The molecule has 1 aliphatic rings. The molecule has 12 heavy (non-hydrogen) atoms. The van der Waals surface area contributed by atoms with Gasteiger partial charge in [-0.2, -0.15) is 0 Å². The number of hydrogen-bond acceptors (Lipinski definition) is 2. The van der Waals surface area contributed by atoms with Gasteiger partial charge in [0.15, 0.2) is 0 Å². The van der Waals surface area contributed by atoms with E-state index in [0.29, 0.717) is 0 Å². The number of rotatable bonds is 4. The van der Waals surface area contributed by atoms with Gasteiger partial charge in [0.25, 0.3) is 0 Å². The third kappa shape index (κ3) is 2.61. The van der Waals surface area contributed by atoms with E-state index in [9.17, 15) is 0 Å². The van der Waals surface area contributed by atoms with Crippen LogP contribution in [0.1, 0.15) is 19.8 Å². The molecule has 2 heteroatoms. The molecule has 0 bridgehead atoms. The Morgan fingerprint density at radius 3 is 3.00 bits per heavy atom. The second-order valence-corrected chi connectivity index (χ2v) is 3.15. The number of nitrogens with zero attached hydrogens (tertiary/aromatic N) is 1. The van der Waals surface area contributed by atoms with Crippen molar-refractivity contribution in [3.63, 3.8) is 0 Å². The molecular formula is C10H18N2. The van der Waals surface area contributed by atoms with Gasteiger partial charge in [-0.3, -0.25) is 0 Å². The molecule has 0 amide bonds. The number of hydrogen-bond donors (Lipinski definition) is 1. The van der Waals surface area contributed by atoms with Gasteiger partial charge in [0.05, 0.1) is 0 Å². The van der Waals surface area contributed by atoms with Crippen molar-refractivity contribution in [3.8, 4) is 0 Å². The summed E-state index contributed by atoms with van der Waals surface area (Å²) in [6.45, 7) is 4.34. The molecule has 68 valence electrons. The lowest BCUT2D eigenvalue weighted by molar-refractivity contribution is 0.415. The number of allylic oxidation sites excluding steroid dienone is 1. The zero-order valence-corrected chi connectivity index (χ0v) is 8.01. The lowest BCUT2D eigenvalue weighted by atomic mass is 10.2. The maximum absolute atomic E-state index is 3.14. The minimum atomic E-state index is 0.961. The van der Waals surface area contributed by atoms with E-state index in [0.717, 1.165) is 13.1 Å². The fourth-order valence-corrected chi connectivity index (χ4v) is 1.25. The zero-order chi connectivity index (χ0) is 8.81. The van der Waals surface area contributed by atoms with Gasteiger partial charge in [-0.25, -0.2) is 0 Å². The van der Waals surface area contributed by atoms with Crippen LogP contribution in [0.2, 0.25) is 0 Å². The van der Waals surface area contributed by atoms with Crippen molar-refractivity contribution < 1.29 is 0 Å². The van der Waals surface area contributed by atoms with E-state index in [4.69, 9.17) is 0 Å². The molecule has 0 saturated heterocycles. The molecule has 0 unspecified atom stereocenters. The van der Waals surface area contributed by atoms with Gasteiger partial charge in [-0.05, 0) is 24.8 Å². The highest BCUT2D eigenvalue weighted by molar-refractivity contribution is 5.20. The van der Waals surface area contributed by atoms with Crippen molar-refractivity contribution in [2.24, 2.45) is 0 Å². The second-order valence-electron chi connectivity index (χ2n) is 3.15. The molecule has 1 heterocycles. The highest BCUT2D eigenvalue weighted by Crippen LogP contribution is 2.06. The van der Waals surface area contributed by atoms with Crippen LogP contribution in [0.15, 0.2) is 24.0 Å². The molecular weight excluding hydrogens is 148 g/mol. The summed E-state index contributed by atoms with van der Waals surface area (Å²) in [5, 5.41) is 3.14. The van der Waals surface area contributed by atoms with Crippen LogP contribution in [0.3, 0.4) is 0 Å². The first-order chi connectivity index (χ1) is 5.84. The Morgan fingerprint density at radius 2 is 2.42 bits per heavy atom. The molecule has 1 rings (SSSR count). The van der Waals surface area contributed by atoms with Gasteiger partial charge in [0.1, 0.15) is 0 Å². The van der Waals surface area contributed by atoms with Crippen LogP contribution >= 0.6 is 0 Å². The van der Waals surface area contributed by atoms with Gasteiger partial charge >= 0.3 is 0 Å². The largest absolute Gasteiger partial charge is 0.387 e. The first-order valence-electron chi connectivity index (χ1n) is 4.66. The van der Waals surface area contributed by atoms with Gasteiger partial charge < -0.3 is 10.2 Å². The van der Waals surface area contributed by atoms with E-state index < -0.39 is 0 Å². The quantitative estimate of drug-likeness (QED) is 0.684. The molecule has 1 aliphatic heterocycles. The Balaban J connectivity index is 2.35. The average Bonchev–Trinajstić information content (AvgIpc) is 2.15. The lowest BCUT2D eigenvalue weighted by Crippen LogP contribution is -2.22. The third-order valence-corrected chi connectivity index (χ3v) is 2.09. The summed E-state index contributed by atoms with van der Waals surface area (Å²) in [5.74, 6) is 0. The first-order valence-corrected chi connectivity index (χ1v) is 4.66. The van der Waals surface area contributed by atoms with E-state index in [1.165, 1.54) is 18.5 Å². The van der Waals surface area contributed by atoms with Gasteiger partial charge in [0.2, 0.25) is 0 Å². The van der Waals surface area contributed by atoms with Crippen molar-refractivity contribution in [3.05, 3.63) is 24.0 Å². The molecule has 1 N–H and O–H groups in total. The third-order valence-electron chi connectivity index (χ3n) is 2.09. The van der Waals surface area contributed by atoms with Gasteiger partial charge in [-0.15, -0.1) is 0 Å². The van der Waals surface area contributed by atoms with Gasteiger partial charge in [0, 0.05) is 25.8 Å². The number of nitrogens with one attached hydrogen (secondary N) is 1. The Labute approximate surface area is 74.9 Å². The molecule has 0 radical (unpaired) electrons. The summed E-state index contributed by atoms with van der Waals surface area (Å²) in [6.07, 6.45) is 8.89. The van der Waals surface area contributed by atoms with E-state index in [-0.39, 0.29) is 0 Å². The van der Waals surface area contributed by atoms with E-state index >= 15 is 0 Å². The number of dihydropyridines is 1. The van der Waals surface area contributed by atoms with Crippen LogP contribution in [-0.2, 0) is 0 Å². The monoisotopic (exact) mass is 166 g/mol. The highest BCUT2D eigenvalue weighted by atomic mass is 15.1. The van der Waals surface area contributed by atoms with E-state index in [2.05, 4.69) is 36.3 Å². The average molecular weight is 166 g/mol. The normalized spacial score (nSPS) is 15.3. The first kappa shape index (κ1) is 9.17. The molecule has 0 aromatic rings. The molecule has 0 aromatic carbocycles. The molecule has 0 aromatic heterocycles. The Kier molecular flexibility index (Phi) is 3.71. The van der Waals surface area contributed by atoms with Crippen molar-refractivity contribution in [2.45, 2.75) is 19.8 Å². The van der Waals surface area contributed by atoms with Gasteiger partial charge in [-0.1, -0.05) is 13.3 Å². The fraction of sp³-hybridized carbons (Fsp3) is 0.600. The van der Waals surface area contributed by atoms with Crippen LogP contribution in [0.25, 0.3) is 0 Å². The topological polar surface area (TPSA) is 15.3 Å². The predicted molar refractivity (Wildman–Crippen MR) is 52.8 cm³/mol. The molecule has 0 fully saturated rings. The SMILES string of the molecule is CCCCN(C)C1=CCNC=C1. The van der Waals surface area contributed by atoms with Crippen molar-refractivity contribution in [1.29, 1.82) is 0 Å². The van der Waals surface area contributed by atoms with Crippen LogP contribution < -0.4 is 5.32 Å². The summed E-state index contributed by atoms with van der Waals surface area (Å²) in [5.41, 5.74) is 1.34.